The van der Waals surface area contributed by atoms with Crippen LogP contribution in [0.3, 0.4) is 0 Å². The molecule has 0 aromatic heterocycles. The summed E-state index contributed by atoms with van der Waals surface area (Å²) in [7, 11) is 0. The van der Waals surface area contributed by atoms with Gasteiger partial charge in [-0.05, 0) is 47.7 Å². The molecule has 0 fully saturated rings. The molecule has 106 valence electrons. The van der Waals surface area contributed by atoms with E-state index in [1.807, 2.05) is 25.1 Å². The van der Waals surface area contributed by atoms with Crippen LogP contribution in [0.25, 0.3) is 0 Å². The molecule has 2 rings (SSSR count). The van der Waals surface area contributed by atoms with E-state index in [-0.39, 0.29) is 11.6 Å². The van der Waals surface area contributed by atoms with Gasteiger partial charge in [0.1, 0.15) is 5.75 Å². The lowest BCUT2D eigenvalue weighted by molar-refractivity contribution is 0.435. The largest absolute Gasteiger partial charge is 0.454 e. The topological polar surface area (TPSA) is 35.2 Å². The molecule has 20 heavy (non-hydrogen) atoms. The molecule has 0 saturated carbocycles. The third-order valence-corrected chi connectivity index (χ3v) is 3.24. The summed E-state index contributed by atoms with van der Waals surface area (Å²) in [6, 6.07) is 10.8. The number of rotatable bonds is 4. The number of hydrogen-bond acceptors (Lipinski definition) is 2. The molecular formula is C17H20FNO. The fraction of sp³-hybridized carbons (Fsp3) is 0.294. The number of ether oxygens (including phenoxy) is 1. The zero-order chi connectivity index (χ0) is 14.7. The summed E-state index contributed by atoms with van der Waals surface area (Å²) in [5.74, 6) is 0.871. The second-order valence-electron chi connectivity index (χ2n) is 5.27. The van der Waals surface area contributed by atoms with Crippen LogP contribution in [0.5, 0.6) is 11.5 Å². The van der Waals surface area contributed by atoms with Gasteiger partial charge in [-0.15, -0.1) is 0 Å². The van der Waals surface area contributed by atoms with Crippen molar-refractivity contribution in [2.24, 2.45) is 5.73 Å². The number of nitrogens with two attached hydrogens (primary N) is 1. The lowest BCUT2D eigenvalue weighted by atomic mass is 10.0. The monoisotopic (exact) mass is 273 g/mol. The van der Waals surface area contributed by atoms with Crippen molar-refractivity contribution in [3.05, 3.63) is 58.9 Å². The minimum atomic E-state index is -0.385. The predicted octanol–water partition coefficient (Wildman–Crippen LogP) is 4.51. The minimum absolute atomic E-state index is 0.231. The van der Waals surface area contributed by atoms with E-state index < -0.39 is 0 Å². The standard InChI is InChI=1S/C17H20FNO/c1-11(2)14-6-4-12(3)8-17(14)20-16-7-5-13(10-19)9-15(16)18/h4-9,11H,10,19H2,1-3H3. The highest BCUT2D eigenvalue weighted by Crippen LogP contribution is 2.32. The zero-order valence-corrected chi connectivity index (χ0v) is 12.1. The third-order valence-electron chi connectivity index (χ3n) is 3.24. The Hall–Kier alpha value is -1.87. The van der Waals surface area contributed by atoms with Crippen molar-refractivity contribution >= 4 is 0 Å². The maximum atomic E-state index is 14.0. The molecule has 0 amide bonds. The molecule has 0 bridgehead atoms. The molecule has 2 aromatic rings. The normalized spacial score (nSPS) is 10.9. The van der Waals surface area contributed by atoms with Gasteiger partial charge in [0.2, 0.25) is 0 Å². The molecule has 0 atom stereocenters. The highest BCUT2D eigenvalue weighted by Gasteiger charge is 2.11. The average Bonchev–Trinajstić information content (AvgIpc) is 2.40. The second kappa shape index (κ2) is 6.06. The van der Waals surface area contributed by atoms with Crippen molar-refractivity contribution in [1.29, 1.82) is 0 Å². The summed E-state index contributed by atoms with van der Waals surface area (Å²) in [5.41, 5.74) is 8.40. The quantitative estimate of drug-likeness (QED) is 0.889. The Labute approximate surface area is 119 Å². The molecule has 2 aromatic carbocycles. The van der Waals surface area contributed by atoms with E-state index in [9.17, 15) is 4.39 Å². The third kappa shape index (κ3) is 3.17. The Morgan fingerprint density at radius 1 is 1.10 bits per heavy atom. The van der Waals surface area contributed by atoms with Gasteiger partial charge in [-0.2, -0.15) is 0 Å². The van der Waals surface area contributed by atoms with E-state index in [0.717, 1.165) is 16.7 Å². The molecule has 0 aliphatic heterocycles. The molecule has 0 unspecified atom stereocenters. The van der Waals surface area contributed by atoms with Crippen LogP contribution in [-0.2, 0) is 6.54 Å². The number of hydrogen-bond donors (Lipinski definition) is 1. The predicted molar refractivity (Wildman–Crippen MR) is 79.6 cm³/mol. The Morgan fingerprint density at radius 3 is 2.45 bits per heavy atom. The maximum Gasteiger partial charge on any atom is 0.166 e. The van der Waals surface area contributed by atoms with E-state index in [1.165, 1.54) is 6.07 Å². The van der Waals surface area contributed by atoms with Gasteiger partial charge in [0.05, 0.1) is 0 Å². The molecular weight excluding hydrogens is 253 g/mol. The first kappa shape index (κ1) is 14.5. The summed E-state index contributed by atoms with van der Waals surface area (Å²) in [6.07, 6.45) is 0. The summed E-state index contributed by atoms with van der Waals surface area (Å²) >= 11 is 0. The van der Waals surface area contributed by atoms with Crippen molar-refractivity contribution in [3.8, 4) is 11.5 Å². The molecule has 0 aliphatic carbocycles. The number of aryl methyl sites for hydroxylation is 1. The number of benzene rings is 2. The highest BCUT2D eigenvalue weighted by molar-refractivity contribution is 5.43. The van der Waals surface area contributed by atoms with Gasteiger partial charge in [0.25, 0.3) is 0 Å². The average molecular weight is 273 g/mol. The van der Waals surface area contributed by atoms with E-state index >= 15 is 0 Å². The Kier molecular flexibility index (Phi) is 4.40. The van der Waals surface area contributed by atoms with Gasteiger partial charge >= 0.3 is 0 Å². The smallest absolute Gasteiger partial charge is 0.166 e. The first-order chi connectivity index (χ1) is 9.51. The Balaban J connectivity index is 2.36. The van der Waals surface area contributed by atoms with Crippen LogP contribution in [-0.4, -0.2) is 0 Å². The van der Waals surface area contributed by atoms with Gasteiger partial charge in [-0.25, -0.2) is 4.39 Å². The van der Waals surface area contributed by atoms with Gasteiger partial charge in [0.15, 0.2) is 11.6 Å². The van der Waals surface area contributed by atoms with Crippen LogP contribution in [0.4, 0.5) is 4.39 Å². The lowest BCUT2D eigenvalue weighted by Gasteiger charge is -2.15. The highest BCUT2D eigenvalue weighted by atomic mass is 19.1. The van der Waals surface area contributed by atoms with Gasteiger partial charge in [-0.3, -0.25) is 0 Å². The van der Waals surface area contributed by atoms with Crippen LogP contribution in [0.1, 0.15) is 36.5 Å². The molecule has 0 spiro atoms. The molecule has 3 heteroatoms. The molecule has 0 aliphatic rings. The van der Waals surface area contributed by atoms with Crippen molar-refractivity contribution < 1.29 is 9.13 Å². The molecule has 2 nitrogen and oxygen atoms in total. The van der Waals surface area contributed by atoms with Crippen LogP contribution in [0.15, 0.2) is 36.4 Å². The Morgan fingerprint density at radius 2 is 1.85 bits per heavy atom. The lowest BCUT2D eigenvalue weighted by Crippen LogP contribution is -1.99. The van der Waals surface area contributed by atoms with Crippen molar-refractivity contribution in [2.75, 3.05) is 0 Å². The fourth-order valence-electron chi connectivity index (χ4n) is 2.08. The van der Waals surface area contributed by atoms with E-state index in [4.69, 9.17) is 10.5 Å². The molecule has 0 heterocycles. The first-order valence-electron chi connectivity index (χ1n) is 6.78. The number of halogens is 1. The molecule has 0 saturated heterocycles. The summed E-state index contributed by atoms with van der Waals surface area (Å²) in [5, 5.41) is 0. The van der Waals surface area contributed by atoms with Crippen molar-refractivity contribution in [2.45, 2.75) is 33.2 Å². The van der Waals surface area contributed by atoms with Crippen molar-refractivity contribution in [1.82, 2.24) is 0 Å². The SMILES string of the molecule is Cc1ccc(C(C)C)c(Oc2ccc(CN)cc2F)c1. The molecule has 0 radical (unpaired) electrons. The van der Waals surface area contributed by atoms with E-state index in [2.05, 4.69) is 13.8 Å². The summed E-state index contributed by atoms with van der Waals surface area (Å²) in [6.45, 7) is 6.49. The Bertz CT molecular complexity index is 608. The van der Waals surface area contributed by atoms with Gasteiger partial charge in [0, 0.05) is 6.54 Å². The second-order valence-corrected chi connectivity index (χ2v) is 5.27. The van der Waals surface area contributed by atoms with Crippen LogP contribution in [0.2, 0.25) is 0 Å². The summed E-state index contributed by atoms with van der Waals surface area (Å²) < 4.78 is 19.7. The van der Waals surface area contributed by atoms with E-state index in [1.54, 1.807) is 12.1 Å². The van der Waals surface area contributed by atoms with Crippen LogP contribution in [0, 0.1) is 12.7 Å². The van der Waals surface area contributed by atoms with Crippen LogP contribution < -0.4 is 10.5 Å². The van der Waals surface area contributed by atoms with Gasteiger partial charge in [-0.1, -0.05) is 32.0 Å². The summed E-state index contributed by atoms with van der Waals surface area (Å²) in [4.78, 5) is 0. The van der Waals surface area contributed by atoms with Crippen molar-refractivity contribution in [3.63, 3.8) is 0 Å². The van der Waals surface area contributed by atoms with Crippen LogP contribution >= 0.6 is 0 Å². The van der Waals surface area contributed by atoms with E-state index in [0.29, 0.717) is 18.2 Å². The fourth-order valence-corrected chi connectivity index (χ4v) is 2.08. The zero-order valence-electron chi connectivity index (χ0n) is 12.1. The van der Waals surface area contributed by atoms with Gasteiger partial charge < -0.3 is 10.5 Å². The first-order valence-corrected chi connectivity index (χ1v) is 6.78. The maximum absolute atomic E-state index is 14.0. The molecule has 2 N–H and O–H groups in total. The minimum Gasteiger partial charge on any atom is -0.454 e.